The van der Waals surface area contributed by atoms with Crippen molar-refractivity contribution in [3.63, 3.8) is 0 Å². The summed E-state index contributed by atoms with van der Waals surface area (Å²) in [6.07, 6.45) is 4.46. The number of aromatic nitrogens is 2. The highest BCUT2D eigenvalue weighted by Gasteiger charge is 2.18. The summed E-state index contributed by atoms with van der Waals surface area (Å²) in [5, 5.41) is 15.8. The SMILES string of the molecule is Cn1c2ccccc2c2cc(C=C(NC(=O)c3ccccc3)C(=O)NCCCCNC(=O)C(=Cc3ccc4c(c3)c3ccccc3n4C)NC(=O)c3ccccc3)ccc21. The summed E-state index contributed by atoms with van der Waals surface area (Å²) in [7, 11) is 4.05. The molecule has 10 nitrogen and oxygen atoms in total. The zero-order valence-corrected chi connectivity index (χ0v) is 33.4. The summed E-state index contributed by atoms with van der Waals surface area (Å²) in [5.41, 5.74) is 6.93. The van der Waals surface area contributed by atoms with Gasteiger partial charge >= 0.3 is 0 Å². The number of amides is 4. The Morgan fingerprint density at radius 2 is 0.817 bits per heavy atom. The average Bonchev–Trinajstić information content (AvgIpc) is 3.73. The second-order valence-electron chi connectivity index (χ2n) is 14.7. The molecule has 4 N–H and O–H groups in total. The first-order valence-corrected chi connectivity index (χ1v) is 19.9. The second kappa shape index (κ2) is 17.4. The fourth-order valence-electron chi connectivity index (χ4n) is 7.61. The van der Waals surface area contributed by atoms with Crippen LogP contribution < -0.4 is 21.3 Å². The minimum atomic E-state index is -0.432. The molecule has 8 rings (SSSR count). The predicted octanol–water partition coefficient (Wildman–Crippen LogP) is 8.23. The summed E-state index contributed by atoms with van der Waals surface area (Å²) < 4.78 is 4.27. The fraction of sp³-hybridized carbons (Fsp3) is 0.120. The van der Waals surface area contributed by atoms with Crippen molar-refractivity contribution in [3.05, 3.63) is 179 Å². The zero-order valence-electron chi connectivity index (χ0n) is 33.4. The van der Waals surface area contributed by atoms with Crippen LogP contribution in [0.15, 0.2) is 157 Å². The van der Waals surface area contributed by atoms with Crippen LogP contribution in [0.3, 0.4) is 0 Å². The first-order valence-electron chi connectivity index (χ1n) is 19.9. The van der Waals surface area contributed by atoms with E-state index in [2.05, 4.69) is 54.7 Å². The van der Waals surface area contributed by atoms with Crippen LogP contribution in [-0.2, 0) is 23.7 Å². The van der Waals surface area contributed by atoms with Crippen LogP contribution in [0.5, 0.6) is 0 Å². The molecule has 0 spiro atoms. The predicted molar refractivity (Wildman–Crippen MR) is 240 cm³/mol. The monoisotopic (exact) mass is 792 g/mol. The molecule has 6 aromatic carbocycles. The maximum Gasteiger partial charge on any atom is 0.267 e. The topological polar surface area (TPSA) is 126 Å². The van der Waals surface area contributed by atoms with E-state index in [1.54, 1.807) is 60.7 Å². The first-order chi connectivity index (χ1) is 29.2. The molecule has 2 aromatic heterocycles. The maximum atomic E-state index is 13.7. The number of rotatable bonds is 13. The molecule has 0 aliphatic rings. The third kappa shape index (κ3) is 8.30. The molecule has 10 heteroatoms. The standard InChI is InChI=1S/C50H44N6O4/c1-55-43-21-11-9-19-37(43)39-29-33(23-25-45(39)55)31-41(53-47(57)35-15-5-3-6-16-35)49(59)51-27-13-14-28-52-50(60)42(54-48(58)36-17-7-4-8-18-36)32-34-24-26-46-40(30-34)38-20-10-12-22-44(38)56(46)2/h3-12,15-26,29-32H,13-14,27-28H2,1-2H3,(H,51,59)(H,52,60)(H,53,57)(H,54,58). The maximum absolute atomic E-state index is 13.7. The van der Waals surface area contributed by atoms with E-state index in [9.17, 15) is 19.2 Å². The largest absolute Gasteiger partial charge is 0.351 e. The Morgan fingerprint density at radius 3 is 1.23 bits per heavy atom. The number of aryl methyl sites for hydroxylation is 2. The van der Waals surface area contributed by atoms with E-state index < -0.39 is 23.6 Å². The molecule has 0 unspecified atom stereocenters. The van der Waals surface area contributed by atoms with Gasteiger partial charge in [0.1, 0.15) is 11.4 Å². The Labute approximate surface area is 347 Å². The Hall–Kier alpha value is -7.72. The van der Waals surface area contributed by atoms with E-state index in [-0.39, 0.29) is 11.4 Å². The number of benzene rings is 6. The van der Waals surface area contributed by atoms with Gasteiger partial charge in [-0.2, -0.15) is 0 Å². The summed E-state index contributed by atoms with van der Waals surface area (Å²) in [6.45, 7) is 0.599. The van der Waals surface area contributed by atoms with E-state index >= 15 is 0 Å². The average molecular weight is 793 g/mol. The molecule has 0 atom stereocenters. The molecule has 8 aromatic rings. The van der Waals surface area contributed by atoms with Crippen molar-refractivity contribution in [2.75, 3.05) is 13.1 Å². The van der Waals surface area contributed by atoms with Crippen molar-refractivity contribution in [2.45, 2.75) is 12.8 Å². The quantitative estimate of drug-likeness (QED) is 0.0694. The minimum Gasteiger partial charge on any atom is -0.351 e. The number of unbranched alkanes of at least 4 members (excludes halogenated alkanes) is 1. The highest BCUT2D eigenvalue weighted by atomic mass is 16.2. The molecule has 0 radical (unpaired) electrons. The Bertz CT molecular complexity index is 2780. The molecule has 0 saturated carbocycles. The second-order valence-corrected chi connectivity index (χ2v) is 14.7. The molecule has 2 heterocycles. The van der Waals surface area contributed by atoms with E-state index in [0.717, 1.165) is 54.7 Å². The molecule has 0 bridgehead atoms. The van der Waals surface area contributed by atoms with Gasteiger partial charge < -0.3 is 30.4 Å². The smallest absolute Gasteiger partial charge is 0.267 e. The van der Waals surface area contributed by atoms with Crippen molar-refractivity contribution in [1.82, 2.24) is 30.4 Å². The zero-order chi connectivity index (χ0) is 41.6. The lowest BCUT2D eigenvalue weighted by Gasteiger charge is -2.13. The summed E-state index contributed by atoms with van der Waals surface area (Å²) >= 11 is 0. The molecule has 4 amide bonds. The molecule has 298 valence electrons. The number of carbonyl (C=O) groups is 4. The highest BCUT2D eigenvalue weighted by Crippen LogP contribution is 2.30. The molecule has 60 heavy (non-hydrogen) atoms. The number of fused-ring (bicyclic) bond motifs is 6. The number of hydrogen-bond acceptors (Lipinski definition) is 4. The highest BCUT2D eigenvalue weighted by molar-refractivity contribution is 6.11. The van der Waals surface area contributed by atoms with Crippen molar-refractivity contribution < 1.29 is 19.2 Å². The molecule has 0 aliphatic heterocycles. The van der Waals surface area contributed by atoms with Gasteiger partial charge in [0.2, 0.25) is 0 Å². The minimum absolute atomic E-state index is 0.113. The van der Waals surface area contributed by atoms with Crippen molar-refractivity contribution in [1.29, 1.82) is 0 Å². The number of hydrogen-bond donors (Lipinski definition) is 4. The molecule has 0 saturated heterocycles. The fourth-order valence-corrected chi connectivity index (χ4v) is 7.61. The molecule has 0 fully saturated rings. The van der Waals surface area contributed by atoms with Gasteiger partial charge in [-0.1, -0.05) is 84.9 Å². The van der Waals surface area contributed by atoms with Gasteiger partial charge in [0.05, 0.1) is 0 Å². The molecular formula is C50H44N6O4. The number of nitrogens with one attached hydrogen (secondary N) is 4. The Balaban J connectivity index is 0.942. The Morgan fingerprint density at radius 1 is 0.450 bits per heavy atom. The van der Waals surface area contributed by atoms with Gasteiger partial charge in [0.15, 0.2) is 0 Å². The Kier molecular flexibility index (Phi) is 11.4. The van der Waals surface area contributed by atoms with E-state index in [1.807, 2.05) is 86.9 Å². The van der Waals surface area contributed by atoms with Crippen molar-refractivity contribution in [3.8, 4) is 0 Å². The lowest BCUT2D eigenvalue weighted by molar-refractivity contribution is -0.118. The summed E-state index contributed by atoms with van der Waals surface area (Å²) in [5.74, 6) is -1.66. The van der Waals surface area contributed by atoms with Crippen LogP contribution >= 0.6 is 0 Å². The van der Waals surface area contributed by atoms with Gasteiger partial charge in [0.25, 0.3) is 23.6 Å². The van der Waals surface area contributed by atoms with E-state index in [4.69, 9.17) is 0 Å². The van der Waals surface area contributed by atoms with Crippen LogP contribution in [0.1, 0.15) is 44.7 Å². The number of carbonyl (C=O) groups excluding carboxylic acids is 4. The third-order valence-corrected chi connectivity index (χ3v) is 10.7. The van der Waals surface area contributed by atoms with Gasteiger partial charge in [-0.3, -0.25) is 19.2 Å². The first kappa shape index (κ1) is 39.1. The van der Waals surface area contributed by atoms with Crippen LogP contribution in [0.4, 0.5) is 0 Å². The lowest BCUT2D eigenvalue weighted by atomic mass is 10.1. The van der Waals surface area contributed by atoms with Crippen molar-refractivity contribution >= 4 is 79.4 Å². The number of para-hydroxylation sites is 2. The van der Waals surface area contributed by atoms with Crippen molar-refractivity contribution in [2.24, 2.45) is 14.1 Å². The van der Waals surface area contributed by atoms with Gasteiger partial charge in [-0.25, -0.2) is 0 Å². The van der Waals surface area contributed by atoms with Gasteiger partial charge in [-0.05, 0) is 96.8 Å². The van der Waals surface area contributed by atoms with Crippen LogP contribution in [0, 0.1) is 0 Å². The number of nitrogens with zero attached hydrogens (tertiary/aromatic N) is 2. The van der Waals surface area contributed by atoms with Crippen LogP contribution in [0.2, 0.25) is 0 Å². The van der Waals surface area contributed by atoms with Crippen LogP contribution in [0.25, 0.3) is 55.8 Å². The normalized spacial score (nSPS) is 11.9. The van der Waals surface area contributed by atoms with E-state index in [1.165, 1.54) is 0 Å². The molecule has 0 aliphatic carbocycles. The van der Waals surface area contributed by atoms with Gasteiger partial charge in [-0.15, -0.1) is 0 Å². The summed E-state index contributed by atoms with van der Waals surface area (Å²) in [6, 6.07) is 45.7. The van der Waals surface area contributed by atoms with Gasteiger partial charge in [0, 0.05) is 81.9 Å². The van der Waals surface area contributed by atoms with E-state index in [0.29, 0.717) is 37.1 Å². The summed E-state index contributed by atoms with van der Waals surface area (Å²) in [4.78, 5) is 53.8. The lowest BCUT2D eigenvalue weighted by Crippen LogP contribution is -2.36. The third-order valence-electron chi connectivity index (χ3n) is 10.7. The molecular weight excluding hydrogens is 749 g/mol. The van der Waals surface area contributed by atoms with Crippen LogP contribution in [-0.4, -0.2) is 45.9 Å².